The Labute approximate surface area is 213 Å². The van der Waals surface area contributed by atoms with Gasteiger partial charge in [-0.25, -0.2) is 8.78 Å². The fourth-order valence-corrected chi connectivity index (χ4v) is 5.96. The number of hydrogen-bond donors (Lipinski definition) is 1. The van der Waals surface area contributed by atoms with Crippen LogP contribution in [0, 0.1) is 5.92 Å². The van der Waals surface area contributed by atoms with Gasteiger partial charge in [0.1, 0.15) is 0 Å². The van der Waals surface area contributed by atoms with Crippen molar-refractivity contribution >= 4 is 17.5 Å². The Morgan fingerprint density at radius 3 is 2.67 bits per heavy atom. The molecular formula is C27H41F2N5O2. The molecule has 1 aromatic heterocycles. The minimum Gasteiger partial charge on any atom is -0.341 e. The lowest BCUT2D eigenvalue weighted by Gasteiger charge is -2.41. The number of halogens is 2. The Hall–Kier alpha value is -2.13. The van der Waals surface area contributed by atoms with Crippen molar-refractivity contribution < 1.29 is 18.4 Å². The first kappa shape index (κ1) is 26.9. The molecule has 0 aromatic carbocycles. The highest BCUT2D eigenvalue weighted by molar-refractivity contribution is 5.97. The number of anilines is 1. The first-order valence-electron chi connectivity index (χ1n) is 13.0. The molecular weight excluding hydrogens is 464 g/mol. The van der Waals surface area contributed by atoms with Crippen LogP contribution in [0.2, 0.25) is 0 Å². The van der Waals surface area contributed by atoms with Crippen LogP contribution in [0.3, 0.4) is 0 Å². The van der Waals surface area contributed by atoms with Gasteiger partial charge in [-0.2, -0.15) is 0 Å². The lowest BCUT2D eigenvalue weighted by atomic mass is 9.78. The van der Waals surface area contributed by atoms with E-state index in [4.69, 9.17) is 0 Å². The van der Waals surface area contributed by atoms with Crippen LogP contribution in [0.25, 0.3) is 0 Å². The van der Waals surface area contributed by atoms with Gasteiger partial charge in [-0.1, -0.05) is 27.7 Å². The minimum absolute atomic E-state index is 0. The number of rotatable bonds is 6. The van der Waals surface area contributed by atoms with Gasteiger partial charge in [0.05, 0.1) is 17.9 Å². The fraction of sp³-hybridized carbons (Fsp3) is 0.741. The van der Waals surface area contributed by atoms with Crippen molar-refractivity contribution in [1.29, 1.82) is 0 Å². The van der Waals surface area contributed by atoms with Gasteiger partial charge in [-0.3, -0.25) is 19.5 Å². The van der Waals surface area contributed by atoms with Crippen molar-refractivity contribution in [2.75, 3.05) is 44.2 Å². The van der Waals surface area contributed by atoms with Gasteiger partial charge in [0.25, 0.3) is 5.92 Å². The second-order valence-electron chi connectivity index (χ2n) is 11.5. The topological polar surface area (TPSA) is 68.8 Å². The fourth-order valence-electron chi connectivity index (χ4n) is 5.96. The van der Waals surface area contributed by atoms with E-state index in [0.29, 0.717) is 56.8 Å². The second kappa shape index (κ2) is 9.97. The van der Waals surface area contributed by atoms with Gasteiger partial charge < -0.3 is 15.1 Å². The Morgan fingerprint density at radius 1 is 1.28 bits per heavy atom. The van der Waals surface area contributed by atoms with E-state index in [1.807, 2.05) is 18.7 Å². The Kier molecular flexibility index (Phi) is 7.45. The summed E-state index contributed by atoms with van der Waals surface area (Å²) in [5.41, 5.74) is 0.725. The number of alkyl halides is 2. The van der Waals surface area contributed by atoms with Crippen molar-refractivity contribution in [3.8, 4) is 0 Å². The summed E-state index contributed by atoms with van der Waals surface area (Å²) in [5, 5.41) is 3.47. The average Bonchev–Trinajstić information content (AvgIpc) is 3.28. The maximum absolute atomic E-state index is 15.1. The summed E-state index contributed by atoms with van der Waals surface area (Å²) < 4.78 is 30.2. The lowest BCUT2D eigenvalue weighted by molar-refractivity contribution is -0.128. The summed E-state index contributed by atoms with van der Waals surface area (Å²) in [6.45, 7) is 9.48. The third-order valence-corrected chi connectivity index (χ3v) is 8.32. The molecule has 9 heteroatoms. The summed E-state index contributed by atoms with van der Waals surface area (Å²) in [4.78, 5) is 36.0. The number of hydrogen-bond acceptors (Lipinski definition) is 5. The summed E-state index contributed by atoms with van der Waals surface area (Å²) in [6.07, 6.45) is 4.68. The van der Waals surface area contributed by atoms with Crippen LogP contribution in [0.5, 0.6) is 0 Å². The van der Waals surface area contributed by atoms with Gasteiger partial charge in [-0.15, -0.1) is 0 Å². The monoisotopic (exact) mass is 505 g/mol. The van der Waals surface area contributed by atoms with Gasteiger partial charge in [0.15, 0.2) is 0 Å². The molecule has 0 radical (unpaired) electrons. The third-order valence-electron chi connectivity index (χ3n) is 8.32. The van der Waals surface area contributed by atoms with Crippen LogP contribution < -0.4 is 10.2 Å². The number of aromatic nitrogens is 1. The number of amides is 2. The molecule has 1 N–H and O–H groups in total. The number of piperazine rings is 1. The van der Waals surface area contributed by atoms with Crippen LogP contribution in [-0.4, -0.2) is 78.0 Å². The zero-order valence-corrected chi connectivity index (χ0v) is 21.0. The average molecular weight is 506 g/mol. The van der Waals surface area contributed by atoms with Gasteiger partial charge in [0.2, 0.25) is 11.8 Å². The first-order chi connectivity index (χ1) is 16.6. The normalized spacial score (nSPS) is 26.5. The summed E-state index contributed by atoms with van der Waals surface area (Å²) in [5.74, 6) is -3.49. The molecule has 5 rings (SSSR count). The highest BCUT2D eigenvalue weighted by Gasteiger charge is 2.47. The molecule has 0 spiro atoms. The molecule has 7 nitrogen and oxygen atoms in total. The van der Waals surface area contributed by atoms with E-state index >= 15 is 8.78 Å². The van der Waals surface area contributed by atoms with Gasteiger partial charge in [-0.05, 0) is 32.3 Å². The van der Waals surface area contributed by atoms with Crippen LogP contribution >= 0.6 is 0 Å². The van der Waals surface area contributed by atoms with Crippen LogP contribution in [0.1, 0.15) is 71.6 Å². The molecule has 4 heterocycles. The van der Waals surface area contributed by atoms with Gasteiger partial charge in [0, 0.05) is 74.3 Å². The quantitative estimate of drug-likeness (QED) is 0.641. The highest BCUT2D eigenvalue weighted by Crippen LogP contribution is 2.48. The SMILES string of the molecule is C.C[C@@H]1CN(CC(=O)N2CC(C)(C)c3ncc(C(F)(F)C4CCC4)cc32)[C@@H](CN2CCCC2=O)CN1. The summed E-state index contributed by atoms with van der Waals surface area (Å²) >= 11 is 0. The maximum Gasteiger partial charge on any atom is 0.277 e. The number of carbonyl (C=O) groups is 2. The largest absolute Gasteiger partial charge is 0.341 e. The number of likely N-dealkylation sites (tertiary alicyclic amines) is 1. The number of nitrogens with zero attached hydrogens (tertiary/aromatic N) is 4. The van der Waals surface area contributed by atoms with Crippen LogP contribution in [-0.2, 0) is 20.9 Å². The zero-order chi connectivity index (χ0) is 25.0. The first-order valence-corrected chi connectivity index (χ1v) is 13.0. The number of nitrogens with one attached hydrogen (secondary N) is 1. The zero-order valence-electron chi connectivity index (χ0n) is 21.0. The molecule has 200 valence electrons. The van der Waals surface area contributed by atoms with Crippen molar-refractivity contribution in [3.05, 3.63) is 23.5 Å². The molecule has 4 aliphatic rings. The van der Waals surface area contributed by atoms with Crippen molar-refractivity contribution in [1.82, 2.24) is 20.1 Å². The summed E-state index contributed by atoms with van der Waals surface area (Å²) in [6, 6.07) is 1.78. The predicted molar refractivity (Wildman–Crippen MR) is 136 cm³/mol. The van der Waals surface area contributed by atoms with Crippen molar-refractivity contribution in [3.63, 3.8) is 0 Å². The van der Waals surface area contributed by atoms with E-state index in [1.165, 1.54) is 12.3 Å². The van der Waals surface area contributed by atoms with E-state index in [0.717, 1.165) is 19.4 Å². The van der Waals surface area contributed by atoms with Crippen molar-refractivity contribution in [2.45, 2.75) is 83.7 Å². The van der Waals surface area contributed by atoms with E-state index in [1.54, 1.807) is 4.90 Å². The Balaban J connectivity index is 0.00000304. The molecule has 2 atom stereocenters. The standard InChI is InChI=1S/C26H37F2N5O2.CH4/c1-17-13-32(20(12-29-17)14-31-9-5-8-22(31)34)15-23(35)33-16-25(2,3)24-21(33)10-19(11-30-24)26(27,28)18-6-4-7-18;/h10-11,17-18,20,29H,4-9,12-16H2,1-3H3;1H4/t17-,20-;/m1./s1. The number of carbonyl (C=O) groups excluding carboxylic acids is 2. The molecule has 3 fully saturated rings. The van der Waals surface area contributed by atoms with E-state index in [9.17, 15) is 9.59 Å². The van der Waals surface area contributed by atoms with E-state index in [2.05, 4.69) is 22.1 Å². The maximum atomic E-state index is 15.1. The molecule has 0 bridgehead atoms. The smallest absolute Gasteiger partial charge is 0.277 e. The number of fused-ring (bicyclic) bond motifs is 1. The van der Waals surface area contributed by atoms with Crippen LogP contribution in [0.4, 0.5) is 14.5 Å². The number of pyridine rings is 1. The Bertz CT molecular complexity index is 996. The Morgan fingerprint density at radius 2 is 2.03 bits per heavy atom. The minimum atomic E-state index is -2.93. The molecule has 1 aromatic rings. The third kappa shape index (κ3) is 4.88. The molecule has 3 aliphatic heterocycles. The molecule has 1 saturated carbocycles. The molecule has 1 aliphatic carbocycles. The second-order valence-corrected chi connectivity index (χ2v) is 11.5. The summed E-state index contributed by atoms with van der Waals surface area (Å²) in [7, 11) is 0. The molecule has 0 unspecified atom stereocenters. The van der Waals surface area contributed by atoms with Gasteiger partial charge >= 0.3 is 0 Å². The molecule has 2 saturated heterocycles. The van der Waals surface area contributed by atoms with E-state index < -0.39 is 17.3 Å². The predicted octanol–water partition coefficient (Wildman–Crippen LogP) is 3.52. The lowest BCUT2D eigenvalue weighted by Crippen LogP contribution is -2.60. The van der Waals surface area contributed by atoms with E-state index in [-0.39, 0.29) is 43.4 Å². The highest BCUT2D eigenvalue weighted by atomic mass is 19.3. The van der Waals surface area contributed by atoms with Crippen molar-refractivity contribution in [2.24, 2.45) is 5.92 Å². The van der Waals surface area contributed by atoms with Crippen LogP contribution in [0.15, 0.2) is 12.3 Å². The molecule has 2 amide bonds. The molecule has 36 heavy (non-hydrogen) atoms.